The summed E-state index contributed by atoms with van der Waals surface area (Å²) in [5, 5.41) is 41.8. The highest BCUT2D eigenvalue weighted by molar-refractivity contribution is 6.10. The first-order valence-corrected chi connectivity index (χ1v) is 10.0. The topological polar surface area (TPSA) is 147 Å². The Kier molecular flexibility index (Phi) is 4.75. The highest BCUT2D eigenvalue weighted by Crippen LogP contribution is 2.46. The Morgan fingerprint density at radius 1 is 0.706 bits per heavy atom. The van der Waals surface area contributed by atoms with Crippen molar-refractivity contribution < 1.29 is 43.5 Å². The fourth-order valence-corrected chi connectivity index (χ4v) is 3.86. The van der Waals surface area contributed by atoms with Gasteiger partial charge >= 0.3 is 5.43 Å². The molecule has 0 radical (unpaired) electrons. The van der Waals surface area contributed by atoms with Crippen molar-refractivity contribution in [2.24, 2.45) is 0 Å². The second-order valence-electron chi connectivity index (χ2n) is 7.55. The van der Waals surface area contributed by atoms with Crippen molar-refractivity contribution in [2.75, 3.05) is 14.2 Å². The third kappa shape index (κ3) is 3.22. The number of aromatic hydroxyl groups is 4. The summed E-state index contributed by atoms with van der Waals surface area (Å²) in [5.41, 5.74) is 1.08. The van der Waals surface area contributed by atoms with Crippen molar-refractivity contribution in [1.29, 1.82) is 0 Å². The number of phenolic OH excluding ortho intramolecular Hbond substituents is 3. The molecule has 0 spiro atoms. The number of benzene rings is 3. The largest absolute Gasteiger partial charge is 0.504 e. The summed E-state index contributed by atoms with van der Waals surface area (Å²) in [4.78, 5) is 10.3. The molecule has 2 heterocycles. The molecule has 0 aliphatic heterocycles. The van der Waals surface area contributed by atoms with E-state index in [0.29, 0.717) is 21.9 Å². The molecule has 5 N–H and O–H groups in total. The summed E-state index contributed by atoms with van der Waals surface area (Å²) in [5.74, 6) is -0.591. The first-order valence-electron chi connectivity index (χ1n) is 10.0. The van der Waals surface area contributed by atoms with Crippen LogP contribution in [0.1, 0.15) is 0 Å². The maximum atomic E-state index is 11.2. The summed E-state index contributed by atoms with van der Waals surface area (Å²) in [7, 11) is 2.76. The predicted molar refractivity (Wildman–Crippen MR) is 122 cm³/mol. The Morgan fingerprint density at radius 2 is 1.35 bits per heavy atom. The van der Waals surface area contributed by atoms with E-state index in [0.717, 1.165) is 0 Å². The van der Waals surface area contributed by atoms with E-state index in [4.69, 9.17) is 18.3 Å². The van der Waals surface area contributed by atoms with E-state index in [9.17, 15) is 25.2 Å². The number of hydrogen-bond acceptors (Lipinski definition) is 8. The Balaban J connectivity index is 1.85. The lowest BCUT2D eigenvalue weighted by Gasteiger charge is -2.14. The minimum Gasteiger partial charge on any atom is -0.504 e. The fraction of sp³-hybridized carbons (Fsp3) is 0.0800. The Bertz CT molecular complexity index is 1620. The predicted octanol–water partition coefficient (Wildman–Crippen LogP) is 4.36. The van der Waals surface area contributed by atoms with Gasteiger partial charge in [0.25, 0.3) is 0 Å². The van der Waals surface area contributed by atoms with Crippen molar-refractivity contribution in [3.63, 3.8) is 0 Å². The maximum absolute atomic E-state index is 11.2. The molecule has 0 aliphatic rings. The van der Waals surface area contributed by atoms with Crippen molar-refractivity contribution in [2.45, 2.75) is 0 Å². The quantitative estimate of drug-likeness (QED) is 0.227. The van der Waals surface area contributed by atoms with Crippen LogP contribution >= 0.6 is 0 Å². The Morgan fingerprint density at radius 3 is 1.97 bits per heavy atom. The molecule has 0 saturated heterocycles. The van der Waals surface area contributed by atoms with Gasteiger partial charge in [-0.25, -0.2) is 0 Å². The van der Waals surface area contributed by atoms with Gasteiger partial charge in [0.15, 0.2) is 34.5 Å². The maximum Gasteiger partial charge on any atom is 0.347 e. The Hall–Kier alpha value is -4.79. The molecule has 9 heteroatoms. The van der Waals surface area contributed by atoms with Gasteiger partial charge in [0, 0.05) is 16.5 Å². The van der Waals surface area contributed by atoms with E-state index in [2.05, 4.69) is 0 Å². The van der Waals surface area contributed by atoms with E-state index in [1.807, 2.05) is 0 Å². The molecule has 172 valence electrons. The standard InChI is InChI=1S/C25H18O9/c1-31-20-6-12(7-21(32-2)24(20)30)25-23(29)14-10-17(11-3-4-15(27)16(28)5-11)33-18-8-13(26)9-19(34-25)22(14)18/h3-10,27-30H,1-2H3/p+1. The van der Waals surface area contributed by atoms with Gasteiger partial charge in [-0.2, -0.15) is 0 Å². The van der Waals surface area contributed by atoms with Crippen molar-refractivity contribution in [3.8, 4) is 57.1 Å². The summed E-state index contributed by atoms with van der Waals surface area (Å²) < 4.78 is 22.3. The molecule has 0 aliphatic carbocycles. The molecule has 5 rings (SSSR count). The summed E-state index contributed by atoms with van der Waals surface area (Å²) in [6.07, 6.45) is 0. The minimum absolute atomic E-state index is 0.0294. The molecule has 2 aromatic heterocycles. The van der Waals surface area contributed by atoms with Crippen molar-refractivity contribution in [1.82, 2.24) is 0 Å². The zero-order valence-corrected chi connectivity index (χ0v) is 18.0. The minimum atomic E-state index is -0.342. The summed E-state index contributed by atoms with van der Waals surface area (Å²) >= 11 is 0. The molecule has 34 heavy (non-hydrogen) atoms. The van der Waals surface area contributed by atoms with Crippen LogP contribution in [0.5, 0.6) is 34.5 Å². The molecule has 0 amide bonds. The third-order valence-corrected chi connectivity index (χ3v) is 5.50. The molecule has 0 fully saturated rings. The number of methoxy groups -OCH3 is 2. The van der Waals surface area contributed by atoms with Gasteiger partial charge in [-0.05, 0) is 36.4 Å². The molecule has 0 atom stereocenters. The van der Waals surface area contributed by atoms with Crippen LogP contribution in [0, 0.1) is 0 Å². The van der Waals surface area contributed by atoms with Gasteiger partial charge in [0.2, 0.25) is 5.75 Å². The zero-order chi connectivity index (χ0) is 24.1. The second kappa shape index (κ2) is 7.66. The molecule has 0 saturated carbocycles. The molecule has 0 unspecified atom stereocenters. The number of ether oxygens (including phenoxy) is 2. The van der Waals surface area contributed by atoms with Crippen molar-refractivity contribution in [3.05, 3.63) is 54.0 Å². The molecule has 9 nitrogen and oxygen atoms in total. The zero-order valence-electron chi connectivity index (χ0n) is 18.0. The van der Waals surface area contributed by atoms with E-state index in [1.165, 1.54) is 56.7 Å². The van der Waals surface area contributed by atoms with Crippen molar-refractivity contribution >= 4 is 21.9 Å². The number of phenols is 3. The molecule has 5 aromatic rings. The molecular formula is C25H19O9+. The Labute approximate surface area is 191 Å². The lowest BCUT2D eigenvalue weighted by molar-refractivity contribution is 0.340. The fourth-order valence-electron chi connectivity index (χ4n) is 3.86. The van der Waals surface area contributed by atoms with E-state index < -0.39 is 0 Å². The van der Waals surface area contributed by atoms with Gasteiger partial charge in [0.1, 0.15) is 16.9 Å². The first kappa shape index (κ1) is 21.1. The van der Waals surface area contributed by atoms with E-state index in [-0.39, 0.29) is 62.6 Å². The summed E-state index contributed by atoms with van der Waals surface area (Å²) in [6, 6.07) is 11.4. The van der Waals surface area contributed by atoms with Crippen LogP contribution < -0.4 is 14.9 Å². The molecular weight excluding hydrogens is 444 g/mol. The third-order valence-electron chi connectivity index (χ3n) is 5.50. The average Bonchev–Trinajstić information content (AvgIpc) is 2.82. The normalized spacial score (nSPS) is 11.2. The van der Waals surface area contributed by atoms with Crippen LogP contribution in [-0.2, 0) is 0 Å². The van der Waals surface area contributed by atoms with Crippen LogP contribution in [0.15, 0.2) is 57.4 Å². The van der Waals surface area contributed by atoms with Crippen LogP contribution in [0.4, 0.5) is 0 Å². The SMILES string of the molecule is COc1cc(-c2oc3cc(=[OH+])cc4oc(-c5ccc(O)c(O)c5)cc(c2O)c43)cc(OC)c1O. The summed E-state index contributed by atoms with van der Waals surface area (Å²) in [6.45, 7) is 0. The number of hydrogen-bond donors (Lipinski definition) is 4. The van der Waals surface area contributed by atoms with Gasteiger partial charge < -0.3 is 38.7 Å². The van der Waals surface area contributed by atoms with Gasteiger partial charge in [0.05, 0.1) is 31.7 Å². The van der Waals surface area contributed by atoms with Crippen LogP contribution in [0.2, 0.25) is 0 Å². The van der Waals surface area contributed by atoms with E-state index in [1.54, 1.807) is 6.07 Å². The highest BCUT2D eigenvalue weighted by Gasteiger charge is 2.22. The first-order chi connectivity index (χ1) is 16.3. The number of rotatable bonds is 4. The average molecular weight is 463 g/mol. The lowest BCUT2D eigenvalue weighted by Crippen LogP contribution is -2.00. The van der Waals surface area contributed by atoms with Crippen LogP contribution in [0.25, 0.3) is 44.6 Å². The van der Waals surface area contributed by atoms with Crippen LogP contribution in [0.3, 0.4) is 0 Å². The van der Waals surface area contributed by atoms with Crippen LogP contribution in [-0.4, -0.2) is 39.4 Å². The monoisotopic (exact) mass is 463 g/mol. The molecule has 0 bridgehead atoms. The highest BCUT2D eigenvalue weighted by atomic mass is 16.5. The lowest BCUT2D eigenvalue weighted by atomic mass is 10.0. The molecule has 3 aromatic carbocycles. The van der Waals surface area contributed by atoms with Gasteiger partial charge in [-0.15, -0.1) is 0 Å². The smallest absolute Gasteiger partial charge is 0.347 e. The second-order valence-corrected chi connectivity index (χ2v) is 7.55. The van der Waals surface area contributed by atoms with Gasteiger partial charge in [-0.3, -0.25) is 4.79 Å². The van der Waals surface area contributed by atoms with Gasteiger partial charge in [-0.1, -0.05) is 0 Å². The van der Waals surface area contributed by atoms with E-state index >= 15 is 0 Å².